The van der Waals surface area contributed by atoms with Gasteiger partial charge in [-0.3, -0.25) is 14.9 Å². The number of carbonyl (C=O) groups excluding carboxylic acids is 1. The van der Waals surface area contributed by atoms with E-state index in [1.807, 2.05) is 17.0 Å². The number of fused-ring (bicyclic) bond motifs is 3. The zero-order valence-electron chi connectivity index (χ0n) is 15.1. The van der Waals surface area contributed by atoms with Crippen molar-refractivity contribution in [3.8, 4) is 5.75 Å². The molecule has 1 atom stereocenters. The molecule has 1 N–H and O–H groups in total. The average molecular weight is 381 g/mol. The molecule has 1 amide bonds. The number of nitrogens with one attached hydrogen (secondary N) is 1. The van der Waals surface area contributed by atoms with E-state index < -0.39 is 10.5 Å². The van der Waals surface area contributed by atoms with Gasteiger partial charge < -0.3 is 19.7 Å². The van der Waals surface area contributed by atoms with Crippen LogP contribution in [0.4, 0.5) is 17.1 Å². The number of nitrogens with zero attached hydrogens (tertiary/aromatic N) is 2. The molecule has 1 saturated heterocycles. The molecule has 144 valence electrons. The molecule has 8 heteroatoms. The highest BCUT2D eigenvalue weighted by Crippen LogP contribution is 2.46. The van der Waals surface area contributed by atoms with Crippen LogP contribution in [0.25, 0.3) is 0 Å². The first kappa shape index (κ1) is 17.0. The maximum atomic E-state index is 11.7. The first-order valence-electron chi connectivity index (χ1n) is 9.28. The molecule has 1 unspecified atom stereocenters. The van der Waals surface area contributed by atoms with Crippen molar-refractivity contribution < 1.29 is 19.2 Å². The first-order chi connectivity index (χ1) is 13.6. The SMILES string of the molecule is O=C1COc2cc([N+](=O)[O-])c(N3CCOC4(CCc5ccccc54)C3)cc2N1. The van der Waals surface area contributed by atoms with Gasteiger partial charge in [0, 0.05) is 6.54 Å². The number of morpholine rings is 1. The highest BCUT2D eigenvalue weighted by atomic mass is 16.6. The highest BCUT2D eigenvalue weighted by Gasteiger charge is 2.44. The zero-order chi connectivity index (χ0) is 19.3. The molecule has 0 aromatic heterocycles. The number of hydrogen-bond donors (Lipinski definition) is 1. The van der Waals surface area contributed by atoms with E-state index in [4.69, 9.17) is 9.47 Å². The standard InChI is InChI=1S/C20H19N3O5/c24-19-11-27-18-10-17(23(25)26)16(9-15(18)21-19)22-7-8-28-20(12-22)6-5-13-3-1-2-4-14(13)20/h1-4,9-10H,5-8,11-12H2,(H,21,24). The van der Waals surface area contributed by atoms with Crippen LogP contribution in [-0.2, 0) is 21.6 Å². The van der Waals surface area contributed by atoms with Crippen LogP contribution in [0.1, 0.15) is 17.5 Å². The Morgan fingerprint density at radius 1 is 1.25 bits per heavy atom. The molecule has 28 heavy (non-hydrogen) atoms. The van der Waals surface area contributed by atoms with E-state index in [0.717, 1.165) is 18.4 Å². The summed E-state index contributed by atoms with van der Waals surface area (Å²) in [5.41, 5.74) is 2.88. The quantitative estimate of drug-likeness (QED) is 0.635. The Morgan fingerprint density at radius 2 is 2.11 bits per heavy atom. The third-order valence-corrected chi connectivity index (χ3v) is 5.74. The fourth-order valence-electron chi connectivity index (χ4n) is 4.46. The number of amides is 1. The van der Waals surface area contributed by atoms with Crippen molar-refractivity contribution in [2.24, 2.45) is 0 Å². The van der Waals surface area contributed by atoms with Crippen LogP contribution in [-0.4, -0.2) is 37.1 Å². The molecular formula is C20H19N3O5. The largest absolute Gasteiger partial charge is 0.481 e. The lowest BCUT2D eigenvalue weighted by Gasteiger charge is -2.42. The van der Waals surface area contributed by atoms with Crippen LogP contribution in [0.15, 0.2) is 36.4 Å². The van der Waals surface area contributed by atoms with Gasteiger partial charge in [-0.25, -0.2) is 0 Å². The Labute approximate surface area is 161 Å². The van der Waals surface area contributed by atoms with E-state index in [0.29, 0.717) is 36.8 Å². The summed E-state index contributed by atoms with van der Waals surface area (Å²) >= 11 is 0. The zero-order valence-corrected chi connectivity index (χ0v) is 15.1. The molecule has 0 saturated carbocycles. The van der Waals surface area contributed by atoms with Crippen molar-refractivity contribution in [3.05, 3.63) is 57.6 Å². The van der Waals surface area contributed by atoms with Crippen LogP contribution in [0.5, 0.6) is 5.75 Å². The normalized spacial score (nSPS) is 23.0. The topological polar surface area (TPSA) is 93.9 Å². The number of hydrogen-bond acceptors (Lipinski definition) is 6. The molecule has 1 aliphatic carbocycles. The van der Waals surface area contributed by atoms with E-state index >= 15 is 0 Å². The maximum Gasteiger partial charge on any atom is 0.296 e. The van der Waals surface area contributed by atoms with Crippen molar-refractivity contribution in [1.82, 2.24) is 0 Å². The van der Waals surface area contributed by atoms with Gasteiger partial charge in [-0.1, -0.05) is 24.3 Å². The summed E-state index contributed by atoms with van der Waals surface area (Å²) in [5, 5.41) is 14.5. The lowest BCUT2D eigenvalue weighted by Crippen LogP contribution is -2.49. The molecule has 2 aromatic rings. The van der Waals surface area contributed by atoms with E-state index in [1.165, 1.54) is 11.6 Å². The van der Waals surface area contributed by atoms with Crippen LogP contribution in [0.3, 0.4) is 0 Å². The Kier molecular flexibility index (Phi) is 3.77. The Morgan fingerprint density at radius 3 is 2.96 bits per heavy atom. The lowest BCUT2D eigenvalue weighted by atomic mass is 9.93. The van der Waals surface area contributed by atoms with E-state index in [1.54, 1.807) is 6.07 Å². The number of nitro benzene ring substituents is 1. The van der Waals surface area contributed by atoms with Crippen LogP contribution >= 0.6 is 0 Å². The monoisotopic (exact) mass is 381 g/mol. The van der Waals surface area contributed by atoms with Crippen LogP contribution < -0.4 is 15.0 Å². The molecule has 1 spiro atoms. The maximum absolute atomic E-state index is 11.7. The van der Waals surface area contributed by atoms with Gasteiger partial charge in [0.25, 0.3) is 11.6 Å². The average Bonchev–Trinajstić information content (AvgIpc) is 3.05. The van der Waals surface area contributed by atoms with Gasteiger partial charge in [0.1, 0.15) is 11.3 Å². The van der Waals surface area contributed by atoms with Crippen molar-refractivity contribution >= 4 is 23.0 Å². The molecule has 0 bridgehead atoms. The highest BCUT2D eigenvalue weighted by molar-refractivity contribution is 5.97. The van der Waals surface area contributed by atoms with Crippen molar-refractivity contribution in [3.63, 3.8) is 0 Å². The second kappa shape index (κ2) is 6.20. The first-order valence-corrected chi connectivity index (χ1v) is 9.28. The number of carbonyl (C=O) groups is 1. The molecular weight excluding hydrogens is 362 g/mol. The summed E-state index contributed by atoms with van der Waals surface area (Å²) in [4.78, 5) is 25.0. The number of ether oxygens (including phenoxy) is 2. The van der Waals surface area contributed by atoms with Crippen LogP contribution in [0, 0.1) is 10.1 Å². The van der Waals surface area contributed by atoms with Crippen molar-refractivity contribution in [1.29, 1.82) is 0 Å². The Balaban J connectivity index is 1.55. The summed E-state index contributed by atoms with van der Waals surface area (Å²) < 4.78 is 11.6. The van der Waals surface area contributed by atoms with Gasteiger partial charge in [-0.05, 0) is 30.0 Å². The Hall–Kier alpha value is -3.13. The molecule has 8 nitrogen and oxygen atoms in total. The summed E-state index contributed by atoms with van der Waals surface area (Å²) in [6.45, 7) is 1.41. The van der Waals surface area contributed by atoms with Gasteiger partial charge in [0.05, 0.1) is 29.8 Å². The van der Waals surface area contributed by atoms with E-state index in [2.05, 4.69) is 17.4 Å². The summed E-state index contributed by atoms with van der Waals surface area (Å²) in [7, 11) is 0. The van der Waals surface area contributed by atoms with Crippen molar-refractivity contribution in [2.75, 3.05) is 36.5 Å². The minimum atomic E-state index is -0.460. The number of anilines is 2. The third-order valence-electron chi connectivity index (χ3n) is 5.74. The summed E-state index contributed by atoms with van der Waals surface area (Å²) in [6.07, 6.45) is 1.78. The van der Waals surface area contributed by atoms with Gasteiger partial charge in [-0.15, -0.1) is 0 Å². The fraction of sp³-hybridized carbons (Fsp3) is 0.350. The van der Waals surface area contributed by atoms with Gasteiger partial charge in [0.15, 0.2) is 12.4 Å². The van der Waals surface area contributed by atoms with Crippen LogP contribution in [0.2, 0.25) is 0 Å². The van der Waals surface area contributed by atoms with Gasteiger partial charge in [0.2, 0.25) is 0 Å². The lowest BCUT2D eigenvalue weighted by molar-refractivity contribution is -0.384. The molecule has 5 rings (SSSR count). The Bertz CT molecular complexity index is 988. The predicted molar refractivity (Wildman–Crippen MR) is 102 cm³/mol. The fourth-order valence-corrected chi connectivity index (χ4v) is 4.46. The molecule has 2 aromatic carbocycles. The van der Waals surface area contributed by atoms with Crippen molar-refractivity contribution in [2.45, 2.75) is 18.4 Å². The number of aryl methyl sites for hydroxylation is 1. The smallest absolute Gasteiger partial charge is 0.296 e. The minimum Gasteiger partial charge on any atom is -0.481 e. The number of rotatable bonds is 2. The van der Waals surface area contributed by atoms with Gasteiger partial charge >= 0.3 is 0 Å². The number of benzene rings is 2. The van der Waals surface area contributed by atoms with Gasteiger partial charge in [-0.2, -0.15) is 0 Å². The minimum absolute atomic E-state index is 0.0294. The third kappa shape index (κ3) is 2.60. The molecule has 3 aliphatic rings. The second-order valence-corrected chi connectivity index (χ2v) is 7.35. The van der Waals surface area contributed by atoms with E-state index in [-0.39, 0.29) is 18.2 Å². The molecule has 0 radical (unpaired) electrons. The summed E-state index contributed by atoms with van der Waals surface area (Å²) in [6, 6.07) is 11.3. The second-order valence-electron chi connectivity index (χ2n) is 7.35. The van der Waals surface area contributed by atoms with E-state index in [9.17, 15) is 14.9 Å². The number of nitro groups is 1. The molecule has 1 fully saturated rings. The summed E-state index contributed by atoms with van der Waals surface area (Å²) in [5.74, 6) is 0.0553. The molecule has 2 aliphatic heterocycles. The predicted octanol–water partition coefficient (Wildman–Crippen LogP) is 2.60. The molecule has 2 heterocycles.